The van der Waals surface area contributed by atoms with Gasteiger partial charge in [-0.05, 0) is 61.1 Å². The van der Waals surface area contributed by atoms with Gasteiger partial charge in [0.15, 0.2) is 0 Å². The van der Waals surface area contributed by atoms with Gasteiger partial charge in [0.05, 0.1) is 17.7 Å². The third-order valence-electron chi connectivity index (χ3n) is 7.00. The highest BCUT2D eigenvalue weighted by atomic mass is 32.2. The Labute approximate surface area is 216 Å². The molecule has 1 fully saturated rings. The van der Waals surface area contributed by atoms with Crippen LogP contribution in [0.25, 0.3) is 6.08 Å². The first-order valence-electron chi connectivity index (χ1n) is 12.3. The molecule has 2 aliphatic rings. The molecule has 3 aromatic rings. The summed E-state index contributed by atoms with van der Waals surface area (Å²) in [6.07, 6.45) is 4.95. The number of methoxy groups -OCH3 is 1. The number of likely N-dealkylation sites (tertiary alicyclic amines) is 1. The highest BCUT2D eigenvalue weighted by Crippen LogP contribution is 2.42. The first kappa shape index (κ1) is 24.2. The van der Waals surface area contributed by atoms with E-state index in [0.717, 1.165) is 54.2 Å². The SMILES string of the molecule is COc1ccccc1/C=C1\Sc2ccc(C(=O)N3CCC(Cc4ccccc4)CC3)cc2N(C)C1=O. The number of piperidine rings is 1. The number of carbonyl (C=O) groups excluding carboxylic acids is 2. The van der Waals surface area contributed by atoms with Gasteiger partial charge >= 0.3 is 0 Å². The molecule has 6 heteroatoms. The van der Waals surface area contributed by atoms with Gasteiger partial charge in [0.1, 0.15) is 5.75 Å². The van der Waals surface area contributed by atoms with Crippen molar-refractivity contribution in [2.75, 3.05) is 32.1 Å². The van der Waals surface area contributed by atoms with Crippen LogP contribution < -0.4 is 9.64 Å². The van der Waals surface area contributed by atoms with E-state index in [-0.39, 0.29) is 11.8 Å². The zero-order valence-electron chi connectivity index (χ0n) is 20.6. The van der Waals surface area contributed by atoms with E-state index >= 15 is 0 Å². The second-order valence-electron chi connectivity index (χ2n) is 9.32. The Morgan fingerprint density at radius 2 is 1.75 bits per heavy atom. The number of benzene rings is 3. The molecule has 5 nitrogen and oxygen atoms in total. The summed E-state index contributed by atoms with van der Waals surface area (Å²) in [4.78, 5) is 31.6. The zero-order valence-corrected chi connectivity index (χ0v) is 21.5. The third kappa shape index (κ3) is 5.05. The number of amides is 2. The lowest BCUT2D eigenvalue weighted by Crippen LogP contribution is -2.39. The first-order valence-corrected chi connectivity index (χ1v) is 13.1. The van der Waals surface area contributed by atoms with E-state index in [0.29, 0.717) is 16.4 Å². The number of hydrogen-bond donors (Lipinski definition) is 0. The lowest BCUT2D eigenvalue weighted by molar-refractivity contribution is -0.114. The number of thioether (sulfide) groups is 1. The van der Waals surface area contributed by atoms with Crippen molar-refractivity contribution in [2.45, 2.75) is 24.2 Å². The number of hydrogen-bond acceptors (Lipinski definition) is 4. The molecule has 0 atom stereocenters. The van der Waals surface area contributed by atoms with Crippen LogP contribution in [-0.4, -0.2) is 44.0 Å². The van der Waals surface area contributed by atoms with Crippen LogP contribution in [-0.2, 0) is 11.2 Å². The molecule has 0 radical (unpaired) electrons. The number of likely N-dealkylation sites (N-methyl/N-ethyl adjacent to an activating group) is 1. The minimum absolute atomic E-state index is 0.0390. The second kappa shape index (κ2) is 10.6. The number of carbonyl (C=O) groups is 2. The standard InChI is InChI=1S/C30H30N2O3S/c1-31-25-19-24(29(33)32-16-14-22(15-17-32)18-21-8-4-3-5-9-21)12-13-27(25)36-28(30(31)34)20-23-10-6-7-11-26(23)35-2/h3-13,19-20,22H,14-18H2,1-2H3/b28-20-. The molecule has 0 unspecified atom stereocenters. The van der Waals surface area contributed by atoms with Crippen molar-refractivity contribution < 1.29 is 14.3 Å². The molecule has 2 aliphatic heterocycles. The van der Waals surface area contributed by atoms with Crippen LogP contribution >= 0.6 is 11.8 Å². The van der Waals surface area contributed by atoms with Crippen LogP contribution in [0.1, 0.15) is 34.3 Å². The van der Waals surface area contributed by atoms with Gasteiger partial charge in [0, 0.05) is 36.2 Å². The maximum absolute atomic E-state index is 13.3. The summed E-state index contributed by atoms with van der Waals surface area (Å²) >= 11 is 1.43. The lowest BCUT2D eigenvalue weighted by atomic mass is 9.90. The predicted molar refractivity (Wildman–Crippen MR) is 145 cm³/mol. The molecule has 36 heavy (non-hydrogen) atoms. The van der Waals surface area contributed by atoms with E-state index in [1.807, 2.05) is 59.5 Å². The topological polar surface area (TPSA) is 49.9 Å². The first-order chi connectivity index (χ1) is 17.5. The van der Waals surface area contributed by atoms with E-state index < -0.39 is 0 Å². The number of para-hydroxylation sites is 1. The molecule has 2 amide bonds. The zero-order chi connectivity index (χ0) is 25.1. The summed E-state index contributed by atoms with van der Waals surface area (Å²) in [5, 5.41) is 0. The Morgan fingerprint density at radius 3 is 2.50 bits per heavy atom. The van der Waals surface area contributed by atoms with Crippen LogP contribution in [0.4, 0.5) is 5.69 Å². The Kier molecular flexibility index (Phi) is 7.14. The molecule has 0 bridgehead atoms. The summed E-state index contributed by atoms with van der Waals surface area (Å²) in [6.45, 7) is 1.53. The predicted octanol–water partition coefficient (Wildman–Crippen LogP) is 5.90. The normalized spacial score (nSPS) is 17.3. The van der Waals surface area contributed by atoms with E-state index in [1.165, 1.54) is 17.3 Å². The summed E-state index contributed by atoms with van der Waals surface area (Å²) < 4.78 is 5.43. The summed E-state index contributed by atoms with van der Waals surface area (Å²) in [7, 11) is 3.39. The molecule has 2 heterocycles. The Morgan fingerprint density at radius 1 is 1.03 bits per heavy atom. The van der Waals surface area contributed by atoms with Crippen molar-refractivity contribution in [1.82, 2.24) is 4.90 Å². The Hall–Kier alpha value is -3.51. The van der Waals surface area contributed by atoms with E-state index in [9.17, 15) is 9.59 Å². The van der Waals surface area contributed by atoms with Crippen molar-refractivity contribution in [3.63, 3.8) is 0 Å². The van der Waals surface area contributed by atoms with Gasteiger partial charge in [-0.25, -0.2) is 0 Å². The molecule has 0 aliphatic carbocycles. The largest absolute Gasteiger partial charge is 0.496 e. The molecule has 1 saturated heterocycles. The van der Waals surface area contributed by atoms with Crippen molar-refractivity contribution in [3.05, 3.63) is 94.4 Å². The molecule has 0 N–H and O–H groups in total. The summed E-state index contributed by atoms with van der Waals surface area (Å²) in [5.41, 5.74) is 3.62. The number of rotatable bonds is 5. The van der Waals surface area contributed by atoms with E-state index in [1.54, 1.807) is 19.1 Å². The van der Waals surface area contributed by atoms with Gasteiger partial charge < -0.3 is 14.5 Å². The fourth-order valence-electron chi connectivity index (χ4n) is 4.92. The molecule has 0 aromatic heterocycles. The monoisotopic (exact) mass is 498 g/mol. The highest BCUT2D eigenvalue weighted by molar-refractivity contribution is 8.04. The average Bonchev–Trinajstić information content (AvgIpc) is 2.92. The van der Waals surface area contributed by atoms with Gasteiger partial charge in [0.2, 0.25) is 0 Å². The van der Waals surface area contributed by atoms with Gasteiger partial charge in [0.25, 0.3) is 11.8 Å². The number of anilines is 1. The van der Waals surface area contributed by atoms with Crippen molar-refractivity contribution in [2.24, 2.45) is 5.92 Å². The molecule has 0 spiro atoms. The fraction of sp³-hybridized carbons (Fsp3) is 0.267. The van der Waals surface area contributed by atoms with E-state index in [2.05, 4.69) is 24.3 Å². The third-order valence-corrected chi connectivity index (χ3v) is 8.07. The minimum atomic E-state index is -0.0928. The molecule has 3 aromatic carbocycles. The molecular weight excluding hydrogens is 468 g/mol. The lowest BCUT2D eigenvalue weighted by Gasteiger charge is -2.33. The highest BCUT2D eigenvalue weighted by Gasteiger charge is 2.29. The van der Waals surface area contributed by atoms with E-state index in [4.69, 9.17) is 4.74 Å². The second-order valence-corrected chi connectivity index (χ2v) is 10.4. The maximum atomic E-state index is 13.3. The van der Waals surface area contributed by atoms with Crippen molar-refractivity contribution >= 4 is 35.3 Å². The van der Waals surface area contributed by atoms with Gasteiger partial charge in [-0.3, -0.25) is 9.59 Å². The molecule has 0 saturated carbocycles. The quantitative estimate of drug-likeness (QED) is 0.411. The van der Waals surface area contributed by atoms with Crippen LogP contribution in [0.2, 0.25) is 0 Å². The summed E-state index contributed by atoms with van der Waals surface area (Å²) in [6, 6.07) is 23.9. The number of nitrogens with zero attached hydrogens (tertiary/aromatic N) is 2. The van der Waals surface area contributed by atoms with Gasteiger partial charge in [-0.15, -0.1) is 0 Å². The minimum Gasteiger partial charge on any atom is -0.496 e. The van der Waals surface area contributed by atoms with Crippen LogP contribution in [0.3, 0.4) is 0 Å². The van der Waals surface area contributed by atoms with Gasteiger partial charge in [-0.2, -0.15) is 0 Å². The smallest absolute Gasteiger partial charge is 0.264 e. The molecular formula is C30H30N2O3S. The van der Waals surface area contributed by atoms with Gasteiger partial charge in [-0.1, -0.05) is 60.3 Å². The van der Waals surface area contributed by atoms with Crippen molar-refractivity contribution in [1.29, 1.82) is 0 Å². The Bertz CT molecular complexity index is 1300. The number of ether oxygens (including phenoxy) is 1. The summed E-state index contributed by atoms with van der Waals surface area (Å²) in [5.74, 6) is 1.27. The number of fused-ring (bicyclic) bond motifs is 1. The maximum Gasteiger partial charge on any atom is 0.264 e. The fourth-order valence-corrected chi connectivity index (χ4v) is 6.01. The average molecular weight is 499 g/mol. The van der Waals surface area contributed by atoms with Crippen LogP contribution in [0, 0.1) is 5.92 Å². The van der Waals surface area contributed by atoms with Crippen LogP contribution in [0.15, 0.2) is 82.6 Å². The molecule has 184 valence electrons. The molecule has 5 rings (SSSR count). The van der Waals surface area contributed by atoms with Crippen LogP contribution in [0.5, 0.6) is 5.75 Å². The Balaban J connectivity index is 1.29. The van der Waals surface area contributed by atoms with Crippen molar-refractivity contribution in [3.8, 4) is 5.75 Å².